The third-order valence-corrected chi connectivity index (χ3v) is 3.26. The summed E-state index contributed by atoms with van der Waals surface area (Å²) in [5.41, 5.74) is 2.57. The highest BCUT2D eigenvalue weighted by molar-refractivity contribution is 9.10. The van der Waals surface area contributed by atoms with Gasteiger partial charge in [-0.15, -0.1) is 0 Å². The maximum Gasteiger partial charge on any atom is 0.194 e. The van der Waals surface area contributed by atoms with Gasteiger partial charge in [-0.2, -0.15) is 0 Å². The van der Waals surface area contributed by atoms with Crippen LogP contribution in [0.2, 0.25) is 0 Å². The topological polar surface area (TPSA) is 30.0 Å². The van der Waals surface area contributed by atoms with Gasteiger partial charge in [-0.1, -0.05) is 38.1 Å². The molecular formula is C16H16BrNO. The Morgan fingerprint density at radius 2 is 1.84 bits per heavy atom. The van der Waals surface area contributed by atoms with Gasteiger partial charge < -0.3 is 0 Å². The van der Waals surface area contributed by atoms with Gasteiger partial charge in [-0.25, -0.2) is 0 Å². The third-order valence-electron chi connectivity index (χ3n) is 2.83. The zero-order valence-corrected chi connectivity index (χ0v) is 12.6. The van der Waals surface area contributed by atoms with E-state index < -0.39 is 0 Å². The Kier molecular flexibility index (Phi) is 4.48. The van der Waals surface area contributed by atoms with Crippen LogP contribution in [0, 0.1) is 5.92 Å². The Labute approximate surface area is 122 Å². The maximum absolute atomic E-state index is 12.3. The zero-order valence-electron chi connectivity index (χ0n) is 11.1. The molecule has 2 rings (SSSR count). The van der Waals surface area contributed by atoms with Crippen molar-refractivity contribution >= 4 is 21.7 Å². The standard InChI is InChI=1S/C16H16BrNO/c1-11(2)7-12-3-5-13(6-4-12)16(19)14-8-15(17)10-18-9-14/h3-6,8-11H,7H2,1-2H3. The van der Waals surface area contributed by atoms with Crippen molar-refractivity contribution < 1.29 is 4.79 Å². The van der Waals surface area contributed by atoms with Crippen LogP contribution in [0.5, 0.6) is 0 Å². The molecule has 1 aromatic carbocycles. The number of nitrogens with zero attached hydrogens (tertiary/aromatic N) is 1. The first-order chi connectivity index (χ1) is 9.06. The van der Waals surface area contributed by atoms with Crippen LogP contribution >= 0.6 is 15.9 Å². The Morgan fingerprint density at radius 1 is 1.16 bits per heavy atom. The summed E-state index contributed by atoms with van der Waals surface area (Å²) in [5, 5.41) is 0. The second kappa shape index (κ2) is 6.11. The maximum atomic E-state index is 12.3. The van der Waals surface area contributed by atoms with Crippen molar-refractivity contribution in [1.29, 1.82) is 0 Å². The van der Waals surface area contributed by atoms with Gasteiger partial charge in [0, 0.05) is 28.0 Å². The Balaban J connectivity index is 2.20. The summed E-state index contributed by atoms with van der Waals surface area (Å²) in [7, 11) is 0. The van der Waals surface area contributed by atoms with Crippen LogP contribution in [0.1, 0.15) is 35.3 Å². The monoisotopic (exact) mass is 317 g/mol. The van der Waals surface area contributed by atoms with E-state index in [2.05, 4.69) is 34.8 Å². The number of pyridine rings is 1. The number of halogens is 1. The highest BCUT2D eigenvalue weighted by Gasteiger charge is 2.10. The first-order valence-electron chi connectivity index (χ1n) is 6.30. The fourth-order valence-corrected chi connectivity index (χ4v) is 2.33. The first kappa shape index (κ1) is 13.9. The first-order valence-corrected chi connectivity index (χ1v) is 7.10. The summed E-state index contributed by atoms with van der Waals surface area (Å²) in [6, 6.07) is 9.62. The summed E-state index contributed by atoms with van der Waals surface area (Å²) in [6.45, 7) is 4.37. The van der Waals surface area contributed by atoms with Crippen LogP contribution in [0.15, 0.2) is 47.2 Å². The summed E-state index contributed by atoms with van der Waals surface area (Å²) >= 11 is 3.33. The smallest absolute Gasteiger partial charge is 0.194 e. The molecule has 3 heteroatoms. The number of hydrogen-bond donors (Lipinski definition) is 0. The lowest BCUT2D eigenvalue weighted by Crippen LogP contribution is -2.02. The molecule has 0 unspecified atom stereocenters. The molecule has 0 aliphatic rings. The second-order valence-corrected chi connectivity index (χ2v) is 5.93. The lowest BCUT2D eigenvalue weighted by molar-refractivity contribution is 0.103. The molecule has 0 spiro atoms. The van der Waals surface area contributed by atoms with Gasteiger partial charge in [0.05, 0.1) is 0 Å². The Hall–Kier alpha value is -1.48. The minimum atomic E-state index is 0.00453. The van der Waals surface area contributed by atoms with Crippen molar-refractivity contribution in [2.45, 2.75) is 20.3 Å². The molecule has 0 atom stereocenters. The minimum Gasteiger partial charge on any atom is -0.289 e. The predicted octanol–water partition coefficient (Wildman–Crippen LogP) is 4.27. The van der Waals surface area contributed by atoms with Gasteiger partial charge in [0.2, 0.25) is 0 Å². The number of benzene rings is 1. The van der Waals surface area contributed by atoms with Crippen LogP contribution in [0.25, 0.3) is 0 Å². The Bertz CT molecular complexity index is 576. The molecule has 0 saturated carbocycles. The van der Waals surface area contributed by atoms with Gasteiger partial charge in [-0.05, 0) is 39.9 Å². The number of hydrogen-bond acceptors (Lipinski definition) is 2. The quantitative estimate of drug-likeness (QED) is 0.788. The highest BCUT2D eigenvalue weighted by atomic mass is 79.9. The average Bonchev–Trinajstić information content (AvgIpc) is 2.38. The van der Waals surface area contributed by atoms with Gasteiger partial charge in [0.1, 0.15) is 0 Å². The van der Waals surface area contributed by atoms with Crippen LogP contribution < -0.4 is 0 Å². The molecule has 2 aromatic rings. The van der Waals surface area contributed by atoms with Crippen molar-refractivity contribution in [3.63, 3.8) is 0 Å². The Morgan fingerprint density at radius 3 is 2.42 bits per heavy atom. The van der Waals surface area contributed by atoms with Crippen molar-refractivity contribution in [3.8, 4) is 0 Å². The molecule has 19 heavy (non-hydrogen) atoms. The summed E-state index contributed by atoms with van der Waals surface area (Å²) in [4.78, 5) is 16.3. The van der Waals surface area contributed by atoms with E-state index in [0.29, 0.717) is 17.0 Å². The van der Waals surface area contributed by atoms with Crippen LogP contribution in [0.4, 0.5) is 0 Å². The number of ketones is 1. The number of rotatable bonds is 4. The molecule has 0 aliphatic heterocycles. The number of aromatic nitrogens is 1. The lowest BCUT2D eigenvalue weighted by atomic mass is 9.99. The molecule has 0 saturated heterocycles. The van der Waals surface area contributed by atoms with E-state index in [4.69, 9.17) is 0 Å². The van der Waals surface area contributed by atoms with Gasteiger partial charge in [0.25, 0.3) is 0 Å². The van der Waals surface area contributed by atoms with Gasteiger partial charge in [-0.3, -0.25) is 9.78 Å². The molecule has 98 valence electrons. The highest BCUT2D eigenvalue weighted by Crippen LogP contribution is 2.15. The molecule has 0 radical (unpaired) electrons. The van der Waals surface area contributed by atoms with E-state index >= 15 is 0 Å². The molecule has 0 N–H and O–H groups in total. The number of carbonyl (C=O) groups excluding carboxylic acids is 1. The molecule has 0 amide bonds. The normalized spacial score (nSPS) is 10.7. The SMILES string of the molecule is CC(C)Cc1ccc(C(=O)c2cncc(Br)c2)cc1. The predicted molar refractivity (Wildman–Crippen MR) is 80.4 cm³/mol. The van der Waals surface area contributed by atoms with Gasteiger partial charge >= 0.3 is 0 Å². The van der Waals surface area contributed by atoms with E-state index in [9.17, 15) is 4.79 Å². The summed E-state index contributed by atoms with van der Waals surface area (Å²) < 4.78 is 0.815. The molecular weight excluding hydrogens is 302 g/mol. The second-order valence-electron chi connectivity index (χ2n) is 5.02. The molecule has 2 nitrogen and oxygen atoms in total. The van der Waals surface area contributed by atoms with E-state index in [1.54, 1.807) is 18.5 Å². The van der Waals surface area contributed by atoms with Crippen molar-refractivity contribution in [1.82, 2.24) is 4.98 Å². The van der Waals surface area contributed by atoms with Crippen molar-refractivity contribution in [2.24, 2.45) is 5.92 Å². The minimum absolute atomic E-state index is 0.00453. The van der Waals surface area contributed by atoms with E-state index in [-0.39, 0.29) is 5.78 Å². The van der Waals surface area contributed by atoms with Gasteiger partial charge in [0.15, 0.2) is 5.78 Å². The summed E-state index contributed by atoms with van der Waals surface area (Å²) in [5.74, 6) is 0.626. The fraction of sp³-hybridized carbons (Fsp3) is 0.250. The third kappa shape index (κ3) is 3.74. The van der Waals surface area contributed by atoms with E-state index in [1.807, 2.05) is 24.3 Å². The zero-order chi connectivity index (χ0) is 13.8. The van der Waals surface area contributed by atoms with Crippen LogP contribution in [-0.2, 0) is 6.42 Å². The van der Waals surface area contributed by atoms with Crippen LogP contribution in [0.3, 0.4) is 0 Å². The molecule has 0 bridgehead atoms. The van der Waals surface area contributed by atoms with E-state index in [1.165, 1.54) is 5.56 Å². The molecule has 0 aliphatic carbocycles. The molecule has 0 fully saturated rings. The van der Waals surface area contributed by atoms with Crippen LogP contribution in [-0.4, -0.2) is 10.8 Å². The summed E-state index contributed by atoms with van der Waals surface area (Å²) in [6.07, 6.45) is 4.30. The molecule has 1 aromatic heterocycles. The van der Waals surface area contributed by atoms with E-state index in [0.717, 1.165) is 10.9 Å². The van der Waals surface area contributed by atoms with Crippen molar-refractivity contribution in [2.75, 3.05) is 0 Å². The average molecular weight is 318 g/mol. The fourth-order valence-electron chi connectivity index (χ4n) is 1.97. The molecule has 1 heterocycles. The lowest BCUT2D eigenvalue weighted by Gasteiger charge is -2.06. The largest absolute Gasteiger partial charge is 0.289 e. The van der Waals surface area contributed by atoms with Crippen molar-refractivity contribution in [3.05, 3.63) is 63.9 Å². The number of carbonyl (C=O) groups is 1.